The molecule has 5 nitrogen and oxygen atoms in total. The number of amides is 1. The van der Waals surface area contributed by atoms with Crippen LogP contribution >= 0.6 is 11.3 Å². The van der Waals surface area contributed by atoms with Crippen molar-refractivity contribution in [2.24, 2.45) is 5.92 Å². The third-order valence-corrected chi connectivity index (χ3v) is 6.90. The van der Waals surface area contributed by atoms with Crippen molar-refractivity contribution >= 4 is 17.2 Å². The van der Waals surface area contributed by atoms with Crippen molar-refractivity contribution in [2.75, 3.05) is 39.3 Å². The van der Waals surface area contributed by atoms with Crippen molar-refractivity contribution in [1.82, 2.24) is 19.7 Å². The highest BCUT2D eigenvalue weighted by atomic mass is 32.1. The van der Waals surface area contributed by atoms with Gasteiger partial charge in [0.15, 0.2) is 0 Å². The molecule has 1 atom stereocenters. The minimum Gasteiger partial charge on any atom is -0.342 e. The highest BCUT2D eigenvalue weighted by Crippen LogP contribution is 2.26. The summed E-state index contributed by atoms with van der Waals surface area (Å²) in [5.74, 6) is 0.684. The maximum Gasteiger partial charge on any atom is 0.226 e. The van der Waals surface area contributed by atoms with Crippen molar-refractivity contribution in [3.05, 3.63) is 16.6 Å². The van der Waals surface area contributed by atoms with Crippen LogP contribution in [0.5, 0.6) is 0 Å². The van der Waals surface area contributed by atoms with Crippen molar-refractivity contribution < 1.29 is 4.79 Å². The summed E-state index contributed by atoms with van der Waals surface area (Å²) in [7, 11) is 0. The molecule has 1 amide bonds. The molecule has 4 heterocycles. The zero-order chi connectivity index (χ0) is 17.1. The summed E-state index contributed by atoms with van der Waals surface area (Å²) in [6, 6.07) is 0.668. The maximum absolute atomic E-state index is 12.7. The molecule has 3 aliphatic rings. The van der Waals surface area contributed by atoms with E-state index >= 15 is 0 Å². The molecule has 4 rings (SSSR count). The summed E-state index contributed by atoms with van der Waals surface area (Å²) in [6.45, 7) is 7.47. The molecule has 0 aromatic carbocycles. The van der Waals surface area contributed by atoms with Gasteiger partial charge in [0, 0.05) is 50.3 Å². The van der Waals surface area contributed by atoms with Crippen LogP contribution in [0.15, 0.2) is 11.6 Å². The van der Waals surface area contributed by atoms with Gasteiger partial charge in [0.05, 0.1) is 12.5 Å². The van der Waals surface area contributed by atoms with Crippen molar-refractivity contribution in [1.29, 1.82) is 0 Å². The number of likely N-dealkylation sites (tertiary alicyclic amines) is 3. The molecule has 0 spiro atoms. The number of carbonyl (C=O) groups excluding carboxylic acids is 1. The second-order valence-electron chi connectivity index (χ2n) is 7.80. The molecule has 25 heavy (non-hydrogen) atoms. The van der Waals surface area contributed by atoms with Gasteiger partial charge < -0.3 is 4.90 Å². The lowest BCUT2D eigenvalue weighted by atomic mass is 9.93. The molecule has 0 aliphatic carbocycles. The van der Waals surface area contributed by atoms with Crippen LogP contribution in [0.25, 0.3) is 0 Å². The monoisotopic (exact) mass is 362 g/mol. The molecule has 1 aromatic rings. The van der Waals surface area contributed by atoms with Gasteiger partial charge in [0.25, 0.3) is 0 Å². The molecule has 0 saturated carbocycles. The van der Waals surface area contributed by atoms with Crippen LogP contribution in [0, 0.1) is 5.92 Å². The van der Waals surface area contributed by atoms with Crippen molar-refractivity contribution in [3.63, 3.8) is 0 Å². The molecule has 0 bridgehead atoms. The molecule has 138 valence electrons. The van der Waals surface area contributed by atoms with E-state index in [2.05, 4.69) is 25.1 Å². The van der Waals surface area contributed by atoms with E-state index in [4.69, 9.17) is 0 Å². The molecule has 3 saturated heterocycles. The molecular weight excluding hydrogens is 332 g/mol. The second kappa shape index (κ2) is 8.14. The van der Waals surface area contributed by atoms with Crippen LogP contribution in [0.1, 0.15) is 43.5 Å². The molecule has 0 radical (unpaired) electrons. The van der Waals surface area contributed by atoms with Gasteiger partial charge in [-0.2, -0.15) is 0 Å². The van der Waals surface area contributed by atoms with Crippen LogP contribution in [0.2, 0.25) is 0 Å². The number of thiazole rings is 1. The van der Waals surface area contributed by atoms with Crippen LogP contribution in [-0.2, 0) is 11.3 Å². The van der Waals surface area contributed by atoms with E-state index in [9.17, 15) is 4.79 Å². The van der Waals surface area contributed by atoms with Gasteiger partial charge in [-0.1, -0.05) is 0 Å². The van der Waals surface area contributed by atoms with Gasteiger partial charge in [-0.05, 0) is 45.1 Å². The molecular formula is C19H30N4OS. The number of carbonyl (C=O) groups is 1. The Morgan fingerprint density at radius 2 is 1.88 bits per heavy atom. The Bertz CT molecular complexity index is 550. The van der Waals surface area contributed by atoms with E-state index in [1.807, 2.05) is 6.20 Å². The number of aromatic nitrogens is 1. The molecule has 3 fully saturated rings. The van der Waals surface area contributed by atoms with E-state index < -0.39 is 0 Å². The number of nitrogens with zero attached hydrogens (tertiary/aromatic N) is 4. The highest BCUT2D eigenvalue weighted by Gasteiger charge is 2.34. The minimum atomic E-state index is 0.250. The first-order valence-electron chi connectivity index (χ1n) is 9.93. The predicted molar refractivity (Wildman–Crippen MR) is 101 cm³/mol. The average molecular weight is 363 g/mol. The predicted octanol–water partition coefficient (Wildman–Crippen LogP) is 2.44. The van der Waals surface area contributed by atoms with Crippen molar-refractivity contribution in [2.45, 2.75) is 51.1 Å². The van der Waals surface area contributed by atoms with Crippen LogP contribution in [-0.4, -0.2) is 70.9 Å². The summed E-state index contributed by atoms with van der Waals surface area (Å²) in [4.78, 5) is 24.4. The molecule has 0 unspecified atom stereocenters. The van der Waals surface area contributed by atoms with Crippen LogP contribution in [0.3, 0.4) is 0 Å². The third kappa shape index (κ3) is 4.23. The minimum absolute atomic E-state index is 0.250. The van der Waals surface area contributed by atoms with Gasteiger partial charge in [0.1, 0.15) is 5.01 Å². The average Bonchev–Trinajstić information content (AvgIpc) is 3.36. The van der Waals surface area contributed by atoms with Crippen LogP contribution < -0.4 is 0 Å². The number of rotatable bonds is 4. The SMILES string of the molecule is O=C([C@H]1CCCN(C2CCN(Cc3nccs3)CC2)C1)N1CCCC1. The van der Waals surface area contributed by atoms with E-state index in [1.54, 1.807) is 11.3 Å². The number of hydrogen-bond acceptors (Lipinski definition) is 5. The normalized spacial score (nSPS) is 27.0. The first-order valence-corrected chi connectivity index (χ1v) is 10.8. The quantitative estimate of drug-likeness (QED) is 0.825. The summed E-state index contributed by atoms with van der Waals surface area (Å²) in [6.07, 6.45) is 9.03. The first-order chi connectivity index (χ1) is 12.3. The zero-order valence-electron chi connectivity index (χ0n) is 15.1. The molecule has 0 N–H and O–H groups in total. The largest absolute Gasteiger partial charge is 0.342 e. The molecule has 1 aromatic heterocycles. The zero-order valence-corrected chi connectivity index (χ0v) is 15.9. The second-order valence-corrected chi connectivity index (χ2v) is 8.78. The lowest BCUT2D eigenvalue weighted by molar-refractivity contribution is -0.136. The van der Waals surface area contributed by atoms with E-state index in [0.29, 0.717) is 11.9 Å². The number of hydrogen-bond donors (Lipinski definition) is 0. The Morgan fingerprint density at radius 3 is 2.60 bits per heavy atom. The Balaban J connectivity index is 1.26. The number of piperidine rings is 2. The fraction of sp³-hybridized carbons (Fsp3) is 0.789. The summed E-state index contributed by atoms with van der Waals surface area (Å²) < 4.78 is 0. The Morgan fingerprint density at radius 1 is 1.08 bits per heavy atom. The van der Waals surface area contributed by atoms with Gasteiger partial charge in [0.2, 0.25) is 5.91 Å². The van der Waals surface area contributed by atoms with Crippen molar-refractivity contribution in [3.8, 4) is 0 Å². The maximum atomic E-state index is 12.7. The topological polar surface area (TPSA) is 39.7 Å². The molecule has 6 heteroatoms. The fourth-order valence-electron chi connectivity index (χ4n) is 4.70. The van der Waals surface area contributed by atoms with E-state index in [0.717, 1.165) is 45.7 Å². The van der Waals surface area contributed by atoms with Gasteiger partial charge >= 0.3 is 0 Å². The lowest BCUT2D eigenvalue weighted by Gasteiger charge is -2.42. The highest BCUT2D eigenvalue weighted by molar-refractivity contribution is 7.09. The van der Waals surface area contributed by atoms with Crippen LogP contribution in [0.4, 0.5) is 0 Å². The first kappa shape index (κ1) is 17.4. The smallest absolute Gasteiger partial charge is 0.226 e. The third-order valence-electron chi connectivity index (χ3n) is 6.14. The fourth-order valence-corrected chi connectivity index (χ4v) is 5.36. The van der Waals surface area contributed by atoms with Gasteiger partial charge in [-0.25, -0.2) is 4.98 Å². The standard InChI is InChI=1S/C19H30N4OS/c24-19(22-8-1-2-9-22)16-4-3-10-23(14-16)17-5-11-21(12-6-17)15-18-20-7-13-25-18/h7,13,16-17H,1-6,8-12,14-15H2/t16-/m0/s1. The van der Waals surface area contributed by atoms with E-state index in [1.165, 1.54) is 43.7 Å². The summed E-state index contributed by atoms with van der Waals surface area (Å²) in [5.41, 5.74) is 0. The van der Waals surface area contributed by atoms with Gasteiger partial charge in [-0.15, -0.1) is 11.3 Å². The lowest BCUT2D eigenvalue weighted by Crippen LogP contribution is -2.51. The summed E-state index contributed by atoms with van der Waals surface area (Å²) in [5, 5.41) is 3.29. The van der Waals surface area contributed by atoms with Gasteiger partial charge in [-0.3, -0.25) is 14.6 Å². The van der Waals surface area contributed by atoms with E-state index in [-0.39, 0.29) is 5.92 Å². The molecule has 3 aliphatic heterocycles. The Labute approximate surface area is 155 Å². The summed E-state index contributed by atoms with van der Waals surface area (Å²) >= 11 is 1.76. The Kier molecular flexibility index (Phi) is 5.68. The Hall–Kier alpha value is -0.980.